The lowest BCUT2D eigenvalue weighted by molar-refractivity contribution is -0.140. The van der Waals surface area contributed by atoms with Crippen LogP contribution in [0.15, 0.2) is 29.4 Å². The molecular weight excluding hydrogens is 236 g/mol. The second-order valence-corrected chi connectivity index (χ2v) is 3.70. The Balaban J connectivity index is 2.52. The van der Waals surface area contributed by atoms with Crippen molar-refractivity contribution in [2.45, 2.75) is 13.8 Å². The maximum atomic E-state index is 12.0. The number of para-hydroxylation sites is 1. The van der Waals surface area contributed by atoms with Crippen LogP contribution in [0.1, 0.15) is 19.4 Å². The fourth-order valence-corrected chi connectivity index (χ4v) is 1.71. The summed E-state index contributed by atoms with van der Waals surface area (Å²) < 4.78 is 0. The van der Waals surface area contributed by atoms with Gasteiger partial charge in [-0.3, -0.25) is 9.59 Å². The number of carbonyl (C=O) groups is 3. The maximum Gasteiger partial charge on any atom is 0.332 e. The summed E-state index contributed by atoms with van der Waals surface area (Å²) in [7, 11) is 0. The third-order valence-corrected chi connectivity index (χ3v) is 2.39. The van der Waals surface area contributed by atoms with Crippen LogP contribution in [0.3, 0.4) is 0 Å². The van der Waals surface area contributed by atoms with Gasteiger partial charge in [0.05, 0.1) is 5.69 Å². The first-order chi connectivity index (χ1) is 8.52. The molecule has 0 bridgehead atoms. The van der Waals surface area contributed by atoms with Crippen molar-refractivity contribution in [1.29, 1.82) is 0 Å². The minimum absolute atomic E-state index is 0.0454. The average Bonchev–Trinajstić information content (AvgIpc) is 2.58. The molecule has 2 amide bonds. The number of benzene rings is 1. The molecule has 0 atom stereocenters. The van der Waals surface area contributed by atoms with Gasteiger partial charge in [-0.25, -0.2) is 9.69 Å². The van der Waals surface area contributed by atoms with Crippen LogP contribution in [-0.2, 0) is 19.2 Å². The van der Waals surface area contributed by atoms with Gasteiger partial charge in [0.15, 0.2) is 5.71 Å². The zero-order chi connectivity index (χ0) is 13.3. The van der Waals surface area contributed by atoms with E-state index < -0.39 is 17.8 Å². The van der Waals surface area contributed by atoms with E-state index in [4.69, 9.17) is 0 Å². The molecule has 0 saturated heterocycles. The lowest BCUT2D eigenvalue weighted by Gasteiger charge is -2.10. The zero-order valence-electron chi connectivity index (χ0n) is 9.84. The van der Waals surface area contributed by atoms with Crippen LogP contribution < -0.4 is 4.90 Å². The Bertz CT molecular complexity index is 577. The Labute approximate surface area is 103 Å². The Hall–Kier alpha value is -2.50. The predicted octanol–water partition coefficient (Wildman–Crippen LogP) is 0.847. The molecule has 0 saturated carbocycles. The molecule has 0 aliphatic carbocycles. The Morgan fingerprint density at radius 2 is 1.89 bits per heavy atom. The number of hydrogen-bond acceptors (Lipinski definition) is 5. The molecule has 0 aromatic heterocycles. The summed E-state index contributed by atoms with van der Waals surface area (Å²) in [6.45, 7) is 2.46. The molecule has 6 heteroatoms. The van der Waals surface area contributed by atoms with Crippen molar-refractivity contribution in [2.75, 3.05) is 4.90 Å². The highest BCUT2D eigenvalue weighted by molar-refractivity contribution is 6.57. The summed E-state index contributed by atoms with van der Waals surface area (Å²) in [6.07, 6.45) is 0. The normalized spacial score (nSPS) is 15.8. The highest BCUT2D eigenvalue weighted by atomic mass is 16.7. The highest BCUT2D eigenvalue weighted by Crippen LogP contribution is 2.29. The Kier molecular flexibility index (Phi) is 2.93. The first-order valence-corrected chi connectivity index (χ1v) is 5.22. The molecule has 1 heterocycles. The fraction of sp³-hybridized carbons (Fsp3) is 0.167. The van der Waals surface area contributed by atoms with E-state index in [2.05, 4.69) is 9.99 Å². The number of anilines is 1. The first-order valence-electron chi connectivity index (χ1n) is 5.22. The lowest BCUT2D eigenvalue weighted by atomic mass is 10.1. The average molecular weight is 246 g/mol. The van der Waals surface area contributed by atoms with Crippen LogP contribution in [0.5, 0.6) is 0 Å². The molecule has 1 aliphatic rings. The standard InChI is InChI=1S/C12H10N2O4/c1-7(15)14-10-6-4-3-5-9(10)11(12(14)17)13-18-8(2)16/h3-6H,1-2H3. The van der Waals surface area contributed by atoms with E-state index in [1.54, 1.807) is 24.3 Å². The van der Waals surface area contributed by atoms with Crippen molar-refractivity contribution >= 4 is 29.2 Å². The summed E-state index contributed by atoms with van der Waals surface area (Å²) in [5, 5.41) is 3.50. The summed E-state index contributed by atoms with van der Waals surface area (Å²) >= 11 is 0. The lowest BCUT2D eigenvalue weighted by Crippen LogP contribution is -2.34. The molecule has 1 aromatic carbocycles. The number of amides is 2. The van der Waals surface area contributed by atoms with Crippen LogP contribution in [0, 0.1) is 0 Å². The van der Waals surface area contributed by atoms with Crippen LogP contribution in [0.4, 0.5) is 5.69 Å². The third kappa shape index (κ3) is 1.88. The number of rotatable bonds is 1. The molecule has 0 spiro atoms. The van der Waals surface area contributed by atoms with Crippen molar-refractivity contribution in [3.8, 4) is 0 Å². The molecule has 18 heavy (non-hydrogen) atoms. The smallest absolute Gasteiger partial charge is 0.318 e. The molecule has 0 N–H and O–H groups in total. The van der Waals surface area contributed by atoms with E-state index in [1.807, 2.05) is 0 Å². The van der Waals surface area contributed by atoms with Crippen molar-refractivity contribution in [3.05, 3.63) is 29.8 Å². The largest absolute Gasteiger partial charge is 0.332 e. The number of imide groups is 1. The fourth-order valence-electron chi connectivity index (χ4n) is 1.71. The van der Waals surface area contributed by atoms with Crippen LogP contribution >= 0.6 is 0 Å². The van der Waals surface area contributed by atoms with Crippen molar-refractivity contribution in [2.24, 2.45) is 5.16 Å². The van der Waals surface area contributed by atoms with Gasteiger partial charge in [0.2, 0.25) is 5.91 Å². The van der Waals surface area contributed by atoms with E-state index in [0.717, 1.165) is 4.90 Å². The van der Waals surface area contributed by atoms with Gasteiger partial charge in [0.1, 0.15) is 0 Å². The van der Waals surface area contributed by atoms with E-state index in [0.29, 0.717) is 11.3 Å². The second-order valence-electron chi connectivity index (χ2n) is 3.70. The molecule has 0 fully saturated rings. The Morgan fingerprint density at radius 3 is 2.50 bits per heavy atom. The van der Waals surface area contributed by atoms with Gasteiger partial charge in [0.25, 0.3) is 5.91 Å². The number of carbonyl (C=O) groups excluding carboxylic acids is 3. The van der Waals surface area contributed by atoms with Gasteiger partial charge < -0.3 is 4.84 Å². The maximum absolute atomic E-state index is 12.0. The van der Waals surface area contributed by atoms with Crippen LogP contribution in [0.25, 0.3) is 0 Å². The van der Waals surface area contributed by atoms with Crippen LogP contribution in [0.2, 0.25) is 0 Å². The second kappa shape index (κ2) is 4.40. The summed E-state index contributed by atoms with van der Waals surface area (Å²) in [5.41, 5.74) is 0.871. The van der Waals surface area contributed by atoms with Gasteiger partial charge in [-0.15, -0.1) is 0 Å². The molecule has 0 radical (unpaired) electrons. The van der Waals surface area contributed by atoms with E-state index in [9.17, 15) is 14.4 Å². The van der Waals surface area contributed by atoms with Gasteiger partial charge in [-0.05, 0) is 6.07 Å². The van der Waals surface area contributed by atoms with Gasteiger partial charge in [0, 0.05) is 19.4 Å². The number of hydrogen-bond donors (Lipinski definition) is 0. The SMILES string of the molecule is CC(=O)ON=C1C(=O)N(C(C)=O)c2ccccc21. The van der Waals surface area contributed by atoms with Gasteiger partial charge in [-0.2, -0.15) is 0 Å². The minimum atomic E-state index is -0.631. The number of fused-ring (bicyclic) bond motifs is 1. The topological polar surface area (TPSA) is 76.0 Å². The minimum Gasteiger partial charge on any atom is -0.318 e. The van der Waals surface area contributed by atoms with Crippen molar-refractivity contribution in [1.82, 2.24) is 0 Å². The monoisotopic (exact) mass is 246 g/mol. The molecule has 0 unspecified atom stereocenters. The number of nitrogens with zero attached hydrogens (tertiary/aromatic N) is 2. The van der Waals surface area contributed by atoms with Crippen molar-refractivity contribution in [3.63, 3.8) is 0 Å². The summed E-state index contributed by atoms with van der Waals surface area (Å²) in [6, 6.07) is 6.68. The number of oxime groups is 1. The predicted molar refractivity (Wildman–Crippen MR) is 62.9 cm³/mol. The van der Waals surface area contributed by atoms with Crippen molar-refractivity contribution < 1.29 is 19.2 Å². The zero-order valence-corrected chi connectivity index (χ0v) is 9.84. The molecule has 1 aliphatic heterocycles. The van der Waals surface area contributed by atoms with Gasteiger partial charge >= 0.3 is 5.97 Å². The highest BCUT2D eigenvalue weighted by Gasteiger charge is 2.36. The third-order valence-electron chi connectivity index (χ3n) is 2.39. The molecule has 6 nitrogen and oxygen atoms in total. The molecule has 1 aromatic rings. The van der Waals surface area contributed by atoms with Gasteiger partial charge in [-0.1, -0.05) is 23.4 Å². The molecule has 92 valence electrons. The van der Waals surface area contributed by atoms with E-state index in [1.165, 1.54) is 13.8 Å². The Morgan fingerprint density at radius 1 is 1.22 bits per heavy atom. The van der Waals surface area contributed by atoms with Crippen LogP contribution in [-0.4, -0.2) is 23.5 Å². The van der Waals surface area contributed by atoms with E-state index in [-0.39, 0.29) is 5.71 Å². The molecule has 2 rings (SSSR count). The summed E-state index contributed by atoms with van der Waals surface area (Å²) in [5.74, 6) is -1.64. The summed E-state index contributed by atoms with van der Waals surface area (Å²) in [4.78, 5) is 39.6. The quantitative estimate of drug-likeness (QED) is 0.543. The van der Waals surface area contributed by atoms with E-state index >= 15 is 0 Å². The molecular formula is C12H10N2O4. The first kappa shape index (κ1) is 12.0.